The minimum Gasteiger partial charge on any atom is -0.489 e. The minimum absolute atomic E-state index is 0.262. The first-order chi connectivity index (χ1) is 11.3. The molecule has 0 bridgehead atoms. The first-order valence-corrected chi connectivity index (χ1v) is 7.39. The Morgan fingerprint density at radius 3 is 2.65 bits per heavy atom. The molecule has 0 aliphatic carbocycles. The van der Waals surface area contributed by atoms with Crippen LogP contribution in [0, 0.1) is 0 Å². The van der Waals surface area contributed by atoms with Crippen LogP contribution in [0.1, 0.15) is 5.56 Å². The van der Waals surface area contributed by atoms with Crippen LogP contribution in [0.4, 0.5) is 0 Å². The zero-order chi connectivity index (χ0) is 15.6. The van der Waals surface area contributed by atoms with Gasteiger partial charge in [0.25, 0.3) is 0 Å². The van der Waals surface area contributed by atoms with Crippen molar-refractivity contribution in [2.45, 2.75) is 0 Å². The van der Waals surface area contributed by atoms with Crippen LogP contribution in [-0.2, 0) is 0 Å². The molecule has 2 heterocycles. The number of fused-ring (bicyclic) bond motifs is 3. The Morgan fingerprint density at radius 2 is 1.78 bits per heavy atom. The van der Waals surface area contributed by atoms with E-state index < -0.39 is 5.63 Å². The molecule has 1 aliphatic heterocycles. The summed E-state index contributed by atoms with van der Waals surface area (Å²) in [4.78, 5) is 12.1. The molecule has 0 fully saturated rings. The molecule has 0 spiro atoms. The fourth-order valence-corrected chi connectivity index (χ4v) is 2.72. The van der Waals surface area contributed by atoms with E-state index in [1.807, 2.05) is 54.6 Å². The highest BCUT2D eigenvalue weighted by molar-refractivity contribution is 5.93. The van der Waals surface area contributed by atoms with Crippen LogP contribution in [0.25, 0.3) is 16.5 Å². The molecule has 0 amide bonds. The van der Waals surface area contributed by atoms with Crippen LogP contribution in [0.15, 0.2) is 69.9 Å². The predicted octanol–water partition coefficient (Wildman–Crippen LogP) is 3.65. The number of benzene rings is 2. The van der Waals surface area contributed by atoms with Crippen LogP contribution in [0.2, 0.25) is 0 Å². The standard InChI is InChI=1S/C19H14O4/c20-19-18-17(15-8-4-5-9-16(15)23-19)13(10-11-21-18)12-22-14-6-2-1-3-7-14/h1-10H,11-12H2. The fraction of sp³-hybridized carbons (Fsp3) is 0.105. The van der Waals surface area contributed by atoms with Crippen LogP contribution in [0.3, 0.4) is 0 Å². The Labute approximate surface area is 132 Å². The van der Waals surface area contributed by atoms with E-state index in [9.17, 15) is 4.79 Å². The maximum absolute atomic E-state index is 12.1. The molecule has 0 saturated heterocycles. The predicted molar refractivity (Wildman–Crippen MR) is 87.9 cm³/mol. The quantitative estimate of drug-likeness (QED) is 0.693. The number of hydrogen-bond acceptors (Lipinski definition) is 4. The Bertz CT molecular complexity index is 938. The lowest BCUT2D eigenvalue weighted by Gasteiger charge is -2.19. The van der Waals surface area contributed by atoms with E-state index >= 15 is 0 Å². The molecule has 2 aromatic carbocycles. The lowest BCUT2D eigenvalue weighted by atomic mass is 10.00. The second kappa shape index (κ2) is 5.65. The van der Waals surface area contributed by atoms with E-state index in [2.05, 4.69) is 0 Å². The van der Waals surface area contributed by atoms with Gasteiger partial charge >= 0.3 is 5.63 Å². The van der Waals surface area contributed by atoms with Gasteiger partial charge < -0.3 is 13.9 Å². The van der Waals surface area contributed by atoms with Gasteiger partial charge in [-0.1, -0.05) is 36.4 Å². The zero-order valence-corrected chi connectivity index (χ0v) is 12.3. The topological polar surface area (TPSA) is 48.7 Å². The SMILES string of the molecule is O=c1oc2ccccc2c2c1OCC=C2COc1ccccc1. The fourth-order valence-electron chi connectivity index (χ4n) is 2.72. The van der Waals surface area contributed by atoms with Gasteiger partial charge in [-0.2, -0.15) is 0 Å². The molecule has 3 aromatic rings. The smallest absolute Gasteiger partial charge is 0.379 e. The van der Waals surface area contributed by atoms with Gasteiger partial charge in [0, 0.05) is 16.5 Å². The van der Waals surface area contributed by atoms with Gasteiger partial charge in [-0.3, -0.25) is 0 Å². The molecule has 1 aromatic heterocycles. The molecule has 0 atom stereocenters. The molecular weight excluding hydrogens is 292 g/mol. The van der Waals surface area contributed by atoms with E-state index in [0.29, 0.717) is 18.8 Å². The number of ether oxygens (including phenoxy) is 2. The number of para-hydroxylation sites is 2. The molecule has 1 aliphatic rings. The van der Waals surface area contributed by atoms with Crippen LogP contribution < -0.4 is 15.1 Å². The van der Waals surface area contributed by atoms with Gasteiger partial charge in [0.05, 0.1) is 0 Å². The monoisotopic (exact) mass is 306 g/mol. The normalized spacial score (nSPS) is 13.1. The van der Waals surface area contributed by atoms with Crippen molar-refractivity contribution in [1.29, 1.82) is 0 Å². The van der Waals surface area contributed by atoms with Crippen LogP contribution in [-0.4, -0.2) is 13.2 Å². The summed E-state index contributed by atoms with van der Waals surface area (Å²) in [7, 11) is 0. The highest BCUT2D eigenvalue weighted by Gasteiger charge is 2.22. The summed E-state index contributed by atoms with van der Waals surface area (Å²) < 4.78 is 16.7. The molecule has 0 radical (unpaired) electrons. The molecule has 4 rings (SSSR count). The molecule has 0 unspecified atom stereocenters. The second-order valence-electron chi connectivity index (χ2n) is 5.23. The Morgan fingerprint density at radius 1 is 1.00 bits per heavy atom. The van der Waals surface area contributed by atoms with Gasteiger partial charge in [0.15, 0.2) is 0 Å². The lowest BCUT2D eigenvalue weighted by Crippen LogP contribution is -2.17. The van der Waals surface area contributed by atoms with Crippen molar-refractivity contribution in [3.05, 3.63) is 76.7 Å². The van der Waals surface area contributed by atoms with Gasteiger partial charge in [-0.25, -0.2) is 4.79 Å². The van der Waals surface area contributed by atoms with Crippen molar-refractivity contribution >= 4 is 16.5 Å². The highest BCUT2D eigenvalue weighted by Crippen LogP contribution is 2.33. The highest BCUT2D eigenvalue weighted by atomic mass is 16.5. The van der Waals surface area contributed by atoms with E-state index in [1.54, 1.807) is 6.07 Å². The number of rotatable bonds is 3. The Balaban J connectivity index is 1.77. The van der Waals surface area contributed by atoms with Crippen molar-refractivity contribution in [3.63, 3.8) is 0 Å². The molecule has 4 nitrogen and oxygen atoms in total. The van der Waals surface area contributed by atoms with Gasteiger partial charge in [0.1, 0.15) is 24.5 Å². The molecule has 0 saturated carbocycles. The summed E-state index contributed by atoms with van der Waals surface area (Å²) in [5.74, 6) is 1.05. The van der Waals surface area contributed by atoms with Gasteiger partial charge in [0.2, 0.25) is 5.75 Å². The van der Waals surface area contributed by atoms with Gasteiger partial charge in [-0.05, 0) is 24.3 Å². The maximum Gasteiger partial charge on any atom is 0.379 e. The van der Waals surface area contributed by atoms with E-state index in [0.717, 1.165) is 22.3 Å². The summed E-state index contributed by atoms with van der Waals surface area (Å²) in [6.07, 6.45) is 1.94. The van der Waals surface area contributed by atoms with E-state index in [1.165, 1.54) is 0 Å². The van der Waals surface area contributed by atoms with Crippen LogP contribution >= 0.6 is 0 Å². The molecule has 4 heteroatoms. The largest absolute Gasteiger partial charge is 0.489 e. The average Bonchev–Trinajstić information content (AvgIpc) is 2.61. The molecule has 23 heavy (non-hydrogen) atoms. The lowest BCUT2D eigenvalue weighted by molar-refractivity contribution is 0.328. The second-order valence-corrected chi connectivity index (χ2v) is 5.23. The minimum atomic E-state index is -0.455. The molecule has 0 N–H and O–H groups in total. The van der Waals surface area contributed by atoms with Crippen molar-refractivity contribution in [2.24, 2.45) is 0 Å². The Kier molecular flexibility index (Phi) is 3.35. The zero-order valence-electron chi connectivity index (χ0n) is 12.3. The third-order valence-corrected chi connectivity index (χ3v) is 3.79. The summed E-state index contributed by atoms with van der Waals surface area (Å²) in [5.41, 5.74) is 1.79. The van der Waals surface area contributed by atoms with Crippen molar-refractivity contribution in [3.8, 4) is 11.5 Å². The summed E-state index contributed by atoms with van der Waals surface area (Å²) in [5, 5.41) is 0.852. The summed E-state index contributed by atoms with van der Waals surface area (Å²) in [6.45, 7) is 0.706. The number of hydrogen-bond donors (Lipinski definition) is 0. The third-order valence-electron chi connectivity index (χ3n) is 3.79. The van der Waals surface area contributed by atoms with Crippen molar-refractivity contribution in [2.75, 3.05) is 13.2 Å². The van der Waals surface area contributed by atoms with E-state index in [-0.39, 0.29) is 5.75 Å². The first-order valence-electron chi connectivity index (χ1n) is 7.39. The maximum atomic E-state index is 12.1. The first kappa shape index (κ1) is 13.6. The van der Waals surface area contributed by atoms with Gasteiger partial charge in [-0.15, -0.1) is 0 Å². The van der Waals surface area contributed by atoms with Crippen molar-refractivity contribution < 1.29 is 13.9 Å². The van der Waals surface area contributed by atoms with Crippen LogP contribution in [0.5, 0.6) is 11.5 Å². The molecular formula is C19H14O4. The third kappa shape index (κ3) is 2.48. The Hall–Kier alpha value is -3.01. The average molecular weight is 306 g/mol. The van der Waals surface area contributed by atoms with E-state index in [4.69, 9.17) is 13.9 Å². The molecule has 114 valence electrons. The summed E-state index contributed by atoms with van der Waals surface area (Å²) >= 11 is 0. The van der Waals surface area contributed by atoms with Crippen molar-refractivity contribution in [1.82, 2.24) is 0 Å². The summed E-state index contributed by atoms with van der Waals surface area (Å²) in [6, 6.07) is 17.0.